The third kappa shape index (κ3) is 3.18. The number of rotatable bonds is 4. The second-order valence-electron chi connectivity index (χ2n) is 6.47. The molecule has 1 unspecified atom stereocenters. The molecule has 2 heterocycles. The van der Waals surface area contributed by atoms with Gasteiger partial charge in [0.25, 0.3) is 5.78 Å². The van der Waals surface area contributed by atoms with Crippen LogP contribution >= 0.6 is 0 Å². The van der Waals surface area contributed by atoms with Crippen LogP contribution in [0.5, 0.6) is 5.75 Å². The van der Waals surface area contributed by atoms with E-state index in [1.54, 1.807) is 36.4 Å². The number of benzene rings is 2. The van der Waals surface area contributed by atoms with Gasteiger partial charge in [-0.05, 0) is 36.4 Å². The Morgan fingerprint density at radius 2 is 1.70 bits per heavy atom. The summed E-state index contributed by atoms with van der Waals surface area (Å²) in [6, 6.07) is 12.3. The summed E-state index contributed by atoms with van der Waals surface area (Å²) < 4.78 is 19.8. The van der Waals surface area contributed by atoms with Gasteiger partial charge >= 0.3 is 5.91 Å². The fourth-order valence-corrected chi connectivity index (χ4v) is 3.35. The number of Topliss-reactive ketones (excluding diaryl/α,β-unsaturated/α-hetero) is 1. The van der Waals surface area contributed by atoms with E-state index in [1.807, 2.05) is 0 Å². The first-order valence-electron chi connectivity index (χ1n) is 8.99. The van der Waals surface area contributed by atoms with Gasteiger partial charge in [0.15, 0.2) is 0 Å². The minimum atomic E-state index is -1.23. The number of halogens is 1. The Morgan fingerprint density at radius 1 is 1.03 bits per heavy atom. The molecule has 2 aromatic carbocycles. The van der Waals surface area contributed by atoms with Crippen LogP contribution in [0.2, 0.25) is 0 Å². The Labute approximate surface area is 171 Å². The second-order valence-corrected chi connectivity index (χ2v) is 6.47. The number of methoxy groups -OCH3 is 1. The number of aliphatic hydroxyl groups excluding tert-OH is 1. The van der Waals surface area contributed by atoms with Crippen molar-refractivity contribution in [1.29, 1.82) is 0 Å². The van der Waals surface area contributed by atoms with Gasteiger partial charge in [0.2, 0.25) is 5.95 Å². The Morgan fingerprint density at radius 3 is 2.33 bits per heavy atom. The summed E-state index contributed by atoms with van der Waals surface area (Å²) in [5.74, 6) is -2.49. The summed E-state index contributed by atoms with van der Waals surface area (Å²) in [5, 5.41) is 10.9. The smallest absolute Gasteiger partial charge is 0.302 e. The lowest BCUT2D eigenvalue weighted by atomic mass is 9.95. The van der Waals surface area contributed by atoms with Crippen LogP contribution in [0.15, 0.2) is 72.6 Å². The molecule has 0 bridgehead atoms. The summed E-state index contributed by atoms with van der Waals surface area (Å²) in [7, 11) is 1.50. The molecule has 1 saturated heterocycles. The Kier molecular flexibility index (Phi) is 4.97. The molecule has 1 aliphatic heterocycles. The number of anilines is 1. The maximum absolute atomic E-state index is 14.7. The van der Waals surface area contributed by atoms with Crippen molar-refractivity contribution in [3.8, 4) is 5.75 Å². The van der Waals surface area contributed by atoms with Crippen molar-refractivity contribution in [3.05, 3.63) is 89.5 Å². The zero-order valence-electron chi connectivity index (χ0n) is 15.8. The number of carbonyl (C=O) groups excluding carboxylic acids is 2. The highest BCUT2D eigenvalue weighted by atomic mass is 19.1. The standard InChI is InChI=1S/C22H16FN3O4/c1-30-14-9-7-13(8-10-14)19(27)17-18(15-5-2-3-6-16(15)23)26(21(29)20(17)28)22-24-11-4-12-25-22/h2-12,18,27H,1H3. The van der Waals surface area contributed by atoms with Gasteiger partial charge in [-0.3, -0.25) is 14.5 Å². The van der Waals surface area contributed by atoms with Crippen LogP contribution in [0.25, 0.3) is 5.76 Å². The van der Waals surface area contributed by atoms with Crippen LogP contribution < -0.4 is 9.64 Å². The van der Waals surface area contributed by atoms with Gasteiger partial charge < -0.3 is 9.84 Å². The molecule has 1 atom stereocenters. The molecule has 0 radical (unpaired) electrons. The molecule has 0 aliphatic carbocycles. The number of nitrogens with zero attached hydrogens (tertiary/aromatic N) is 3. The maximum Gasteiger partial charge on any atom is 0.302 e. The van der Waals surface area contributed by atoms with Crippen molar-refractivity contribution < 1.29 is 23.8 Å². The van der Waals surface area contributed by atoms with Crippen LogP contribution in [0, 0.1) is 5.82 Å². The Bertz CT molecular complexity index is 1150. The van der Waals surface area contributed by atoms with Gasteiger partial charge in [-0.1, -0.05) is 18.2 Å². The van der Waals surface area contributed by atoms with E-state index in [-0.39, 0.29) is 22.6 Å². The molecule has 1 aliphatic rings. The Hall–Kier alpha value is -4.07. The predicted octanol–water partition coefficient (Wildman–Crippen LogP) is 3.25. The van der Waals surface area contributed by atoms with Crippen LogP contribution in [0.3, 0.4) is 0 Å². The molecule has 3 aromatic rings. The highest BCUT2D eigenvalue weighted by Gasteiger charge is 2.48. The van der Waals surface area contributed by atoms with E-state index in [0.29, 0.717) is 5.75 Å². The zero-order chi connectivity index (χ0) is 21.3. The summed E-state index contributed by atoms with van der Waals surface area (Å²) in [5.41, 5.74) is 0.0750. The van der Waals surface area contributed by atoms with E-state index in [4.69, 9.17) is 4.74 Å². The number of hydrogen-bond acceptors (Lipinski definition) is 6. The molecule has 150 valence electrons. The molecule has 8 heteroatoms. The van der Waals surface area contributed by atoms with Crippen molar-refractivity contribution in [2.24, 2.45) is 0 Å². The van der Waals surface area contributed by atoms with Crippen molar-refractivity contribution in [2.75, 3.05) is 12.0 Å². The highest BCUT2D eigenvalue weighted by Crippen LogP contribution is 2.41. The Balaban J connectivity index is 1.94. The van der Waals surface area contributed by atoms with Gasteiger partial charge in [0.05, 0.1) is 12.7 Å². The number of aliphatic hydroxyl groups is 1. The number of hydrogen-bond donors (Lipinski definition) is 1. The first-order chi connectivity index (χ1) is 14.5. The van der Waals surface area contributed by atoms with E-state index in [0.717, 1.165) is 4.90 Å². The van der Waals surface area contributed by atoms with Gasteiger partial charge in [-0.25, -0.2) is 14.4 Å². The zero-order valence-corrected chi connectivity index (χ0v) is 15.8. The first kappa shape index (κ1) is 19.3. The van der Waals surface area contributed by atoms with Crippen LogP contribution in [0.4, 0.5) is 10.3 Å². The molecular formula is C22H16FN3O4. The van der Waals surface area contributed by atoms with Crippen molar-refractivity contribution in [2.45, 2.75) is 6.04 Å². The summed E-state index contributed by atoms with van der Waals surface area (Å²) in [6.45, 7) is 0. The predicted molar refractivity (Wildman–Crippen MR) is 106 cm³/mol. The van der Waals surface area contributed by atoms with Crippen molar-refractivity contribution in [3.63, 3.8) is 0 Å². The molecule has 1 aromatic heterocycles. The average molecular weight is 405 g/mol. The molecule has 30 heavy (non-hydrogen) atoms. The number of aromatic nitrogens is 2. The molecule has 1 amide bonds. The number of ketones is 1. The van der Waals surface area contributed by atoms with E-state index >= 15 is 0 Å². The molecule has 1 fully saturated rings. The lowest BCUT2D eigenvalue weighted by Gasteiger charge is -2.23. The lowest BCUT2D eigenvalue weighted by molar-refractivity contribution is -0.132. The first-order valence-corrected chi connectivity index (χ1v) is 8.99. The largest absolute Gasteiger partial charge is 0.507 e. The monoisotopic (exact) mass is 405 g/mol. The highest BCUT2D eigenvalue weighted by molar-refractivity contribution is 6.51. The quantitative estimate of drug-likeness (QED) is 0.407. The third-order valence-electron chi connectivity index (χ3n) is 4.78. The molecule has 0 saturated carbocycles. The molecule has 1 N–H and O–H groups in total. The average Bonchev–Trinajstić information content (AvgIpc) is 3.04. The van der Waals surface area contributed by atoms with Gasteiger partial charge in [0, 0.05) is 23.5 Å². The van der Waals surface area contributed by atoms with E-state index in [2.05, 4.69) is 9.97 Å². The minimum Gasteiger partial charge on any atom is -0.507 e. The fraction of sp³-hybridized carbons (Fsp3) is 0.0909. The summed E-state index contributed by atoms with van der Waals surface area (Å²) in [6.07, 6.45) is 2.81. The van der Waals surface area contributed by atoms with E-state index in [1.165, 1.54) is 37.7 Å². The fourth-order valence-electron chi connectivity index (χ4n) is 3.35. The summed E-state index contributed by atoms with van der Waals surface area (Å²) in [4.78, 5) is 34.8. The van der Waals surface area contributed by atoms with Crippen LogP contribution in [-0.2, 0) is 9.59 Å². The lowest BCUT2D eigenvalue weighted by Crippen LogP contribution is -2.31. The van der Waals surface area contributed by atoms with Crippen molar-refractivity contribution >= 4 is 23.4 Å². The van der Waals surface area contributed by atoms with Crippen LogP contribution in [0.1, 0.15) is 17.2 Å². The molecular weight excluding hydrogens is 389 g/mol. The van der Waals surface area contributed by atoms with Gasteiger partial charge in [0.1, 0.15) is 23.4 Å². The van der Waals surface area contributed by atoms with Crippen molar-refractivity contribution in [1.82, 2.24) is 9.97 Å². The second kappa shape index (κ2) is 7.75. The third-order valence-corrected chi connectivity index (χ3v) is 4.78. The number of carbonyl (C=O) groups is 2. The summed E-state index contributed by atoms with van der Waals surface area (Å²) >= 11 is 0. The molecule has 0 spiro atoms. The van der Waals surface area contributed by atoms with Gasteiger partial charge in [-0.2, -0.15) is 0 Å². The van der Waals surface area contributed by atoms with E-state index < -0.39 is 29.3 Å². The molecule has 4 rings (SSSR count). The molecule has 7 nitrogen and oxygen atoms in total. The minimum absolute atomic E-state index is 0.0409. The SMILES string of the molecule is COc1ccc(C(O)=C2C(=O)C(=O)N(c3ncccn3)C2c2ccccc2F)cc1. The van der Waals surface area contributed by atoms with Crippen LogP contribution in [-0.4, -0.2) is 33.9 Å². The maximum atomic E-state index is 14.7. The number of amides is 1. The normalized spacial score (nSPS) is 17.9. The topological polar surface area (TPSA) is 92.6 Å². The van der Waals surface area contributed by atoms with Gasteiger partial charge in [-0.15, -0.1) is 0 Å². The van der Waals surface area contributed by atoms with E-state index in [9.17, 15) is 19.1 Å². The number of ether oxygens (including phenoxy) is 1.